The Balaban J connectivity index is 2.10. The second-order valence-corrected chi connectivity index (χ2v) is 6.74. The van der Waals surface area contributed by atoms with E-state index in [1.807, 2.05) is 30.3 Å². The molecule has 0 saturated carbocycles. The zero-order valence-corrected chi connectivity index (χ0v) is 13.8. The highest BCUT2D eigenvalue weighted by Crippen LogP contribution is 2.38. The Morgan fingerprint density at radius 2 is 1.67 bits per heavy atom. The van der Waals surface area contributed by atoms with Crippen LogP contribution in [-0.2, 0) is 0 Å². The number of halogens is 2. The molecule has 2 nitrogen and oxygen atoms in total. The number of allylic oxidation sites excluding steroid dienone is 2. The Kier molecular flexibility index (Phi) is 4.02. The van der Waals surface area contributed by atoms with Gasteiger partial charge in [-0.2, -0.15) is 0 Å². The van der Waals surface area contributed by atoms with Crippen LogP contribution >= 0.6 is 39.3 Å². The highest BCUT2D eigenvalue weighted by Gasteiger charge is 2.27. The highest BCUT2D eigenvalue weighted by atomic mass is 79.9. The topological polar surface area (TPSA) is 34.1 Å². The van der Waals surface area contributed by atoms with Gasteiger partial charge in [0.1, 0.15) is 0 Å². The number of hydrogen-bond donors (Lipinski definition) is 0. The molecular weight excluding hydrogens is 372 g/mol. The molecule has 0 fully saturated rings. The maximum absolute atomic E-state index is 12.2. The molecule has 1 aliphatic carbocycles. The van der Waals surface area contributed by atoms with Gasteiger partial charge in [-0.1, -0.05) is 47.6 Å². The standard InChI is InChI=1S/C16H8BrClO2S/c17-10-5-1-2-6-13(10)21-14-7-3-4-9-15(14)12(19)8-11(18)16(9)20/h1-8H. The fraction of sp³-hybridized carbons (Fsp3) is 0. The van der Waals surface area contributed by atoms with Crippen LogP contribution in [0.2, 0.25) is 0 Å². The predicted octanol–water partition coefficient (Wildman–Crippen LogP) is 5.10. The largest absolute Gasteiger partial charge is 0.289 e. The lowest BCUT2D eigenvalue weighted by Crippen LogP contribution is -2.15. The van der Waals surface area contributed by atoms with E-state index in [1.165, 1.54) is 17.8 Å². The fourth-order valence-corrected chi connectivity index (χ4v) is 3.82. The van der Waals surface area contributed by atoms with Gasteiger partial charge >= 0.3 is 0 Å². The maximum atomic E-state index is 12.2. The number of carbonyl (C=O) groups is 2. The Bertz CT molecular complexity index is 799. The van der Waals surface area contributed by atoms with Crippen molar-refractivity contribution in [1.82, 2.24) is 0 Å². The number of fused-ring (bicyclic) bond motifs is 1. The number of ketones is 2. The smallest absolute Gasteiger partial charge is 0.205 e. The molecule has 0 radical (unpaired) electrons. The summed E-state index contributed by atoms with van der Waals surface area (Å²) in [5.41, 5.74) is 0.789. The molecule has 3 rings (SSSR count). The molecule has 0 atom stereocenters. The van der Waals surface area contributed by atoms with Gasteiger partial charge < -0.3 is 0 Å². The second kappa shape index (κ2) is 5.79. The summed E-state index contributed by atoms with van der Waals surface area (Å²) < 4.78 is 0.941. The summed E-state index contributed by atoms with van der Waals surface area (Å²) in [5, 5.41) is -0.0319. The third kappa shape index (κ3) is 2.71. The minimum absolute atomic E-state index is 0.0319. The first-order valence-corrected chi connectivity index (χ1v) is 8.08. The van der Waals surface area contributed by atoms with Crippen LogP contribution in [0.1, 0.15) is 20.7 Å². The molecular formula is C16H8BrClO2S. The summed E-state index contributed by atoms with van der Waals surface area (Å²) in [6.45, 7) is 0. The molecule has 0 N–H and O–H groups in total. The van der Waals surface area contributed by atoms with E-state index >= 15 is 0 Å². The molecule has 0 amide bonds. The number of hydrogen-bond acceptors (Lipinski definition) is 3. The lowest BCUT2D eigenvalue weighted by atomic mass is 9.95. The summed E-state index contributed by atoms with van der Waals surface area (Å²) in [5.74, 6) is -0.536. The van der Waals surface area contributed by atoms with Crippen LogP contribution < -0.4 is 0 Å². The van der Waals surface area contributed by atoms with Gasteiger partial charge in [-0.25, -0.2) is 0 Å². The Morgan fingerprint density at radius 3 is 2.43 bits per heavy atom. The fourth-order valence-electron chi connectivity index (χ4n) is 2.09. The Labute approximate surface area is 139 Å². The maximum Gasteiger partial charge on any atom is 0.205 e. The van der Waals surface area contributed by atoms with Crippen molar-refractivity contribution in [3.8, 4) is 0 Å². The molecule has 0 bridgehead atoms. The van der Waals surface area contributed by atoms with E-state index in [-0.39, 0.29) is 16.6 Å². The summed E-state index contributed by atoms with van der Waals surface area (Å²) >= 11 is 10.7. The van der Waals surface area contributed by atoms with E-state index in [0.717, 1.165) is 14.3 Å². The van der Waals surface area contributed by atoms with Crippen molar-refractivity contribution in [2.45, 2.75) is 9.79 Å². The molecule has 0 aromatic heterocycles. The average molecular weight is 380 g/mol. The van der Waals surface area contributed by atoms with Gasteiger partial charge in [0, 0.05) is 31.5 Å². The van der Waals surface area contributed by atoms with Crippen LogP contribution in [0.15, 0.2) is 67.8 Å². The summed E-state index contributed by atoms with van der Waals surface area (Å²) in [6, 6.07) is 13.0. The molecule has 2 aromatic carbocycles. The first-order chi connectivity index (χ1) is 10.1. The minimum Gasteiger partial charge on any atom is -0.289 e. The lowest BCUT2D eigenvalue weighted by molar-refractivity contribution is 0.0988. The van der Waals surface area contributed by atoms with Gasteiger partial charge in [0.2, 0.25) is 5.78 Å². The molecule has 5 heteroatoms. The molecule has 0 spiro atoms. The first kappa shape index (κ1) is 14.6. The minimum atomic E-state index is -0.305. The van der Waals surface area contributed by atoms with E-state index < -0.39 is 0 Å². The van der Waals surface area contributed by atoms with Crippen molar-refractivity contribution < 1.29 is 9.59 Å². The Hall–Kier alpha value is -1.36. The summed E-state index contributed by atoms with van der Waals surface area (Å²) in [7, 11) is 0. The third-order valence-corrected chi connectivity index (χ3v) is 5.42. The van der Waals surface area contributed by atoms with Crippen molar-refractivity contribution in [2.75, 3.05) is 0 Å². The molecule has 0 unspecified atom stereocenters. The number of benzene rings is 2. The van der Waals surface area contributed by atoms with Gasteiger partial charge in [-0.05, 0) is 34.1 Å². The molecule has 1 aliphatic rings. The van der Waals surface area contributed by atoms with Crippen LogP contribution in [0.5, 0.6) is 0 Å². The first-order valence-electron chi connectivity index (χ1n) is 6.09. The van der Waals surface area contributed by atoms with E-state index in [4.69, 9.17) is 11.6 Å². The number of carbonyl (C=O) groups excluding carboxylic acids is 2. The molecule has 21 heavy (non-hydrogen) atoms. The zero-order valence-electron chi connectivity index (χ0n) is 10.6. The van der Waals surface area contributed by atoms with Gasteiger partial charge in [-0.3, -0.25) is 9.59 Å². The molecule has 104 valence electrons. The van der Waals surface area contributed by atoms with Crippen LogP contribution in [0.3, 0.4) is 0 Å². The van der Waals surface area contributed by atoms with Crippen molar-refractivity contribution in [3.63, 3.8) is 0 Å². The van der Waals surface area contributed by atoms with Crippen molar-refractivity contribution in [3.05, 3.63) is 69.2 Å². The van der Waals surface area contributed by atoms with Crippen molar-refractivity contribution in [2.24, 2.45) is 0 Å². The monoisotopic (exact) mass is 378 g/mol. The third-order valence-electron chi connectivity index (χ3n) is 3.05. The van der Waals surface area contributed by atoms with Crippen LogP contribution in [0.4, 0.5) is 0 Å². The summed E-state index contributed by atoms with van der Waals surface area (Å²) in [6.07, 6.45) is 1.19. The predicted molar refractivity (Wildman–Crippen MR) is 87.3 cm³/mol. The van der Waals surface area contributed by atoms with Gasteiger partial charge in [-0.15, -0.1) is 0 Å². The van der Waals surface area contributed by atoms with Gasteiger partial charge in [0.25, 0.3) is 0 Å². The Morgan fingerprint density at radius 1 is 0.952 bits per heavy atom. The van der Waals surface area contributed by atoms with Crippen molar-refractivity contribution in [1.29, 1.82) is 0 Å². The lowest BCUT2D eigenvalue weighted by Gasteiger charge is -2.15. The zero-order chi connectivity index (χ0) is 15.0. The molecule has 0 heterocycles. The molecule has 0 aliphatic heterocycles. The van der Waals surface area contributed by atoms with Crippen LogP contribution in [0, 0.1) is 0 Å². The van der Waals surface area contributed by atoms with E-state index in [9.17, 15) is 9.59 Å². The average Bonchev–Trinajstić information content (AvgIpc) is 2.47. The van der Waals surface area contributed by atoms with Gasteiger partial charge in [0.15, 0.2) is 5.78 Å². The number of Topliss-reactive ketones (excluding diaryl/α,β-unsaturated/α-hetero) is 1. The van der Waals surface area contributed by atoms with Gasteiger partial charge in [0.05, 0.1) is 5.03 Å². The molecule has 2 aromatic rings. The quantitative estimate of drug-likeness (QED) is 0.728. The normalized spacial score (nSPS) is 13.9. The van der Waals surface area contributed by atoms with Crippen molar-refractivity contribution >= 4 is 50.9 Å². The van der Waals surface area contributed by atoms with Crippen LogP contribution in [0.25, 0.3) is 0 Å². The van der Waals surface area contributed by atoms with E-state index in [2.05, 4.69) is 15.9 Å². The second-order valence-electron chi connectivity index (χ2n) is 4.40. The van der Waals surface area contributed by atoms with E-state index in [1.54, 1.807) is 12.1 Å². The van der Waals surface area contributed by atoms with Crippen LogP contribution in [-0.4, -0.2) is 11.6 Å². The SMILES string of the molecule is O=C1C(Cl)=CC(=O)c2c(Sc3ccccc3Br)cccc21. The summed E-state index contributed by atoms with van der Waals surface area (Å²) in [4.78, 5) is 26.0. The molecule has 0 saturated heterocycles. The highest BCUT2D eigenvalue weighted by molar-refractivity contribution is 9.10. The number of rotatable bonds is 2. The van der Waals surface area contributed by atoms with E-state index in [0.29, 0.717) is 11.1 Å².